The molecule has 2 nitrogen and oxygen atoms in total. The normalized spacial score (nSPS) is 29.2. The summed E-state index contributed by atoms with van der Waals surface area (Å²) in [6.45, 7) is 4.50. The average Bonchev–Trinajstić information content (AvgIpc) is 2.04. The minimum Gasteiger partial charge on any atom is -0.396 e. The second-order valence-corrected chi connectivity index (χ2v) is 4.25. The molecule has 0 fully saturated rings. The molecule has 2 heteroatoms. The molecule has 13 heavy (non-hydrogen) atoms. The van der Waals surface area contributed by atoms with Crippen LogP contribution >= 0.6 is 0 Å². The van der Waals surface area contributed by atoms with Crippen molar-refractivity contribution in [1.82, 2.24) is 0 Å². The zero-order valence-corrected chi connectivity index (χ0v) is 8.53. The van der Waals surface area contributed by atoms with Crippen LogP contribution in [0, 0.1) is 11.8 Å². The lowest BCUT2D eigenvalue weighted by Crippen LogP contribution is -2.28. The Kier molecular flexibility index (Phi) is 3.94. The fourth-order valence-electron chi connectivity index (χ4n) is 2.03. The highest BCUT2D eigenvalue weighted by molar-refractivity contribution is 5.09. The molecule has 0 aromatic carbocycles. The van der Waals surface area contributed by atoms with Crippen LogP contribution in [0.1, 0.15) is 33.1 Å². The molecular formula is C11H20O2. The van der Waals surface area contributed by atoms with Gasteiger partial charge in [0.05, 0.1) is 6.10 Å². The first-order valence-electron chi connectivity index (χ1n) is 5.12. The molecule has 0 heterocycles. The molecule has 1 aliphatic rings. The Morgan fingerprint density at radius 3 is 2.69 bits per heavy atom. The average molecular weight is 184 g/mol. The van der Waals surface area contributed by atoms with Gasteiger partial charge >= 0.3 is 0 Å². The Bertz CT molecular complexity index is 185. The van der Waals surface area contributed by atoms with Gasteiger partial charge in [0.15, 0.2) is 0 Å². The van der Waals surface area contributed by atoms with E-state index in [1.54, 1.807) is 0 Å². The SMILES string of the molecule is CC(C)C1CC=C(CCO)CC1O. The minimum absolute atomic E-state index is 0.199. The van der Waals surface area contributed by atoms with Crippen LogP contribution in [0.5, 0.6) is 0 Å². The van der Waals surface area contributed by atoms with E-state index in [9.17, 15) is 5.11 Å². The van der Waals surface area contributed by atoms with Crippen LogP contribution in [0.2, 0.25) is 0 Å². The lowest BCUT2D eigenvalue weighted by atomic mass is 9.79. The Morgan fingerprint density at radius 1 is 1.54 bits per heavy atom. The van der Waals surface area contributed by atoms with Crippen LogP contribution in [0.4, 0.5) is 0 Å². The third kappa shape index (κ3) is 2.82. The van der Waals surface area contributed by atoms with Gasteiger partial charge in [0, 0.05) is 6.61 Å². The second-order valence-electron chi connectivity index (χ2n) is 4.25. The number of hydrogen-bond donors (Lipinski definition) is 2. The maximum atomic E-state index is 9.81. The van der Waals surface area contributed by atoms with Crippen molar-refractivity contribution in [2.45, 2.75) is 39.2 Å². The number of aliphatic hydroxyl groups excluding tert-OH is 2. The Hall–Kier alpha value is -0.340. The van der Waals surface area contributed by atoms with E-state index in [1.165, 1.54) is 5.57 Å². The first-order chi connectivity index (χ1) is 6.15. The summed E-state index contributed by atoms with van der Waals surface area (Å²) in [5, 5.41) is 18.6. The summed E-state index contributed by atoms with van der Waals surface area (Å²) >= 11 is 0. The number of hydrogen-bond acceptors (Lipinski definition) is 2. The van der Waals surface area contributed by atoms with E-state index in [0.29, 0.717) is 11.8 Å². The second kappa shape index (κ2) is 4.77. The number of aliphatic hydroxyl groups is 2. The fourth-order valence-corrected chi connectivity index (χ4v) is 2.03. The monoisotopic (exact) mass is 184 g/mol. The summed E-state index contributed by atoms with van der Waals surface area (Å²) in [5.41, 5.74) is 1.21. The van der Waals surface area contributed by atoms with Gasteiger partial charge in [0.25, 0.3) is 0 Å². The van der Waals surface area contributed by atoms with Crippen molar-refractivity contribution in [3.8, 4) is 0 Å². The molecule has 0 saturated carbocycles. The van der Waals surface area contributed by atoms with E-state index in [4.69, 9.17) is 5.11 Å². The summed E-state index contributed by atoms with van der Waals surface area (Å²) in [4.78, 5) is 0. The molecule has 2 N–H and O–H groups in total. The van der Waals surface area contributed by atoms with Crippen LogP contribution in [-0.2, 0) is 0 Å². The van der Waals surface area contributed by atoms with Gasteiger partial charge in [-0.1, -0.05) is 25.5 Å². The molecule has 0 amide bonds. The topological polar surface area (TPSA) is 40.5 Å². The highest BCUT2D eigenvalue weighted by Gasteiger charge is 2.25. The minimum atomic E-state index is -0.202. The molecule has 0 aliphatic heterocycles. The van der Waals surface area contributed by atoms with Crippen molar-refractivity contribution < 1.29 is 10.2 Å². The van der Waals surface area contributed by atoms with E-state index in [-0.39, 0.29) is 12.7 Å². The van der Waals surface area contributed by atoms with Crippen molar-refractivity contribution in [3.63, 3.8) is 0 Å². The predicted octanol–water partition coefficient (Wildman–Crippen LogP) is 1.72. The van der Waals surface area contributed by atoms with Gasteiger partial charge in [-0.15, -0.1) is 0 Å². The fraction of sp³-hybridized carbons (Fsp3) is 0.818. The van der Waals surface area contributed by atoms with E-state index in [1.807, 2.05) is 0 Å². The van der Waals surface area contributed by atoms with Crippen molar-refractivity contribution in [3.05, 3.63) is 11.6 Å². The first-order valence-corrected chi connectivity index (χ1v) is 5.12. The quantitative estimate of drug-likeness (QED) is 0.656. The summed E-state index contributed by atoms with van der Waals surface area (Å²) in [6.07, 6.45) is 4.43. The molecule has 0 spiro atoms. The van der Waals surface area contributed by atoms with Gasteiger partial charge in [-0.05, 0) is 31.1 Å². The van der Waals surface area contributed by atoms with Gasteiger partial charge in [0.1, 0.15) is 0 Å². The van der Waals surface area contributed by atoms with Gasteiger partial charge < -0.3 is 10.2 Å². The number of allylic oxidation sites excluding steroid dienone is 1. The Labute approximate surface area is 80.3 Å². The molecule has 0 aromatic rings. The smallest absolute Gasteiger partial charge is 0.0610 e. The predicted molar refractivity (Wildman–Crippen MR) is 53.4 cm³/mol. The van der Waals surface area contributed by atoms with Crippen LogP contribution in [0.15, 0.2) is 11.6 Å². The maximum absolute atomic E-state index is 9.81. The van der Waals surface area contributed by atoms with Gasteiger partial charge in [-0.3, -0.25) is 0 Å². The standard InChI is InChI=1S/C11H20O2/c1-8(2)10-4-3-9(5-6-12)7-11(10)13/h3,8,10-13H,4-7H2,1-2H3. The van der Waals surface area contributed by atoms with Crippen molar-refractivity contribution in [2.24, 2.45) is 11.8 Å². The lowest BCUT2D eigenvalue weighted by Gasteiger charge is -2.30. The van der Waals surface area contributed by atoms with E-state index >= 15 is 0 Å². The summed E-state index contributed by atoms with van der Waals surface area (Å²) in [6, 6.07) is 0. The Morgan fingerprint density at radius 2 is 2.23 bits per heavy atom. The molecule has 0 bridgehead atoms. The van der Waals surface area contributed by atoms with Crippen LogP contribution < -0.4 is 0 Å². The Balaban J connectivity index is 2.52. The summed E-state index contributed by atoms with van der Waals surface area (Å²) < 4.78 is 0. The largest absolute Gasteiger partial charge is 0.396 e. The molecule has 1 rings (SSSR count). The van der Waals surface area contributed by atoms with E-state index in [2.05, 4.69) is 19.9 Å². The molecule has 0 saturated heterocycles. The third-order valence-corrected chi connectivity index (χ3v) is 2.93. The van der Waals surface area contributed by atoms with Crippen LogP contribution in [-0.4, -0.2) is 22.9 Å². The van der Waals surface area contributed by atoms with Crippen LogP contribution in [0.3, 0.4) is 0 Å². The lowest BCUT2D eigenvalue weighted by molar-refractivity contribution is 0.0750. The number of rotatable bonds is 3. The van der Waals surface area contributed by atoms with E-state index in [0.717, 1.165) is 19.3 Å². The molecule has 2 atom stereocenters. The molecule has 2 unspecified atom stereocenters. The van der Waals surface area contributed by atoms with Crippen molar-refractivity contribution >= 4 is 0 Å². The molecule has 1 aliphatic carbocycles. The summed E-state index contributed by atoms with van der Waals surface area (Å²) in [5.74, 6) is 0.948. The molecule has 0 aromatic heterocycles. The van der Waals surface area contributed by atoms with Gasteiger partial charge in [0.2, 0.25) is 0 Å². The van der Waals surface area contributed by atoms with Gasteiger partial charge in [-0.2, -0.15) is 0 Å². The molecular weight excluding hydrogens is 164 g/mol. The van der Waals surface area contributed by atoms with Crippen molar-refractivity contribution in [2.75, 3.05) is 6.61 Å². The maximum Gasteiger partial charge on any atom is 0.0610 e. The summed E-state index contributed by atoms with van der Waals surface area (Å²) in [7, 11) is 0. The zero-order valence-electron chi connectivity index (χ0n) is 8.53. The van der Waals surface area contributed by atoms with Gasteiger partial charge in [-0.25, -0.2) is 0 Å². The first kappa shape index (κ1) is 10.7. The third-order valence-electron chi connectivity index (χ3n) is 2.93. The van der Waals surface area contributed by atoms with Crippen LogP contribution in [0.25, 0.3) is 0 Å². The highest BCUT2D eigenvalue weighted by Crippen LogP contribution is 2.30. The molecule has 76 valence electrons. The highest BCUT2D eigenvalue weighted by atomic mass is 16.3. The molecule has 0 radical (unpaired) electrons. The zero-order chi connectivity index (χ0) is 9.84. The van der Waals surface area contributed by atoms with E-state index < -0.39 is 0 Å². The van der Waals surface area contributed by atoms with Crippen molar-refractivity contribution in [1.29, 1.82) is 0 Å².